The molecule has 0 radical (unpaired) electrons. The summed E-state index contributed by atoms with van der Waals surface area (Å²) in [5, 5.41) is 11.9. The lowest BCUT2D eigenvalue weighted by Gasteiger charge is -2.28. The summed E-state index contributed by atoms with van der Waals surface area (Å²) in [6, 6.07) is 17.0. The van der Waals surface area contributed by atoms with Crippen molar-refractivity contribution in [2.75, 3.05) is 18.6 Å². The van der Waals surface area contributed by atoms with Crippen LogP contribution < -0.4 is 14.4 Å². The van der Waals surface area contributed by atoms with E-state index in [1.165, 1.54) is 4.90 Å². The van der Waals surface area contributed by atoms with E-state index in [2.05, 4.69) is 15.9 Å². The number of amides is 1. The number of carbonyl (C=O) groups excluding carboxylic acids is 2. The van der Waals surface area contributed by atoms with E-state index in [1.807, 2.05) is 51.1 Å². The fourth-order valence-electron chi connectivity index (χ4n) is 4.90. The summed E-state index contributed by atoms with van der Waals surface area (Å²) < 4.78 is 17.9. The Morgan fingerprint density at radius 2 is 1.76 bits per heavy atom. The van der Waals surface area contributed by atoms with Gasteiger partial charge in [-0.2, -0.15) is 0 Å². The highest BCUT2D eigenvalue weighted by Crippen LogP contribution is 2.44. The summed E-state index contributed by atoms with van der Waals surface area (Å²) in [6.07, 6.45) is 0. The monoisotopic (exact) mass is 575 g/mol. The Balaban J connectivity index is 1.69. The number of aryl methyl sites for hydroxylation is 2. The van der Waals surface area contributed by atoms with Gasteiger partial charge >= 0.3 is 0 Å². The maximum atomic E-state index is 13.9. The van der Waals surface area contributed by atoms with Crippen LogP contribution in [0.1, 0.15) is 40.2 Å². The number of rotatable bonds is 7. The first-order chi connectivity index (χ1) is 18.2. The highest BCUT2D eigenvalue weighted by atomic mass is 79.9. The third kappa shape index (κ3) is 4.45. The molecule has 0 saturated carbocycles. The lowest BCUT2D eigenvalue weighted by Crippen LogP contribution is -2.31. The van der Waals surface area contributed by atoms with Gasteiger partial charge in [-0.05, 0) is 86.0 Å². The summed E-state index contributed by atoms with van der Waals surface area (Å²) in [5.41, 5.74) is 3.48. The molecular formula is C30H26BrNO6. The van der Waals surface area contributed by atoms with Crippen LogP contribution in [0.2, 0.25) is 0 Å². The highest BCUT2D eigenvalue weighted by molar-refractivity contribution is 9.10. The van der Waals surface area contributed by atoms with Crippen LogP contribution in [0.15, 0.2) is 80.9 Å². The number of anilines is 1. The SMILES string of the molecule is CCOc1cc(C2C(C(=O)c3cc4cc(Br)ccc4o3)=C(O)C(=O)N2c2cc(C)cc(C)c2)ccc1OC. The Morgan fingerprint density at radius 3 is 2.45 bits per heavy atom. The largest absolute Gasteiger partial charge is 0.503 e. The van der Waals surface area contributed by atoms with Crippen molar-refractivity contribution < 1.29 is 28.6 Å². The summed E-state index contributed by atoms with van der Waals surface area (Å²) in [4.78, 5) is 29.0. The van der Waals surface area contributed by atoms with Crippen LogP contribution in [0.25, 0.3) is 11.0 Å². The molecule has 0 fully saturated rings. The molecule has 3 aromatic carbocycles. The number of hydrogen-bond acceptors (Lipinski definition) is 6. The number of ether oxygens (including phenoxy) is 2. The molecule has 1 aliphatic heterocycles. The van der Waals surface area contributed by atoms with Crippen LogP contribution >= 0.6 is 15.9 Å². The number of hydrogen-bond donors (Lipinski definition) is 1. The minimum Gasteiger partial charge on any atom is -0.503 e. The van der Waals surface area contributed by atoms with Gasteiger partial charge in [-0.1, -0.05) is 28.1 Å². The van der Waals surface area contributed by atoms with Gasteiger partial charge in [0, 0.05) is 15.5 Å². The molecule has 1 atom stereocenters. The van der Waals surface area contributed by atoms with Crippen LogP contribution in [0, 0.1) is 13.8 Å². The smallest absolute Gasteiger partial charge is 0.294 e. The first-order valence-corrected chi connectivity index (χ1v) is 12.9. The standard InChI is InChI=1S/C30H26BrNO6/c1-5-37-24-14-18(6-8-23(24)36-4)27-26(28(33)25-15-19-13-20(31)7-9-22(19)38-25)29(34)30(35)32(27)21-11-16(2)10-17(3)12-21/h6-15,27,34H,5H2,1-4H3. The second-order valence-corrected chi connectivity index (χ2v) is 10.1. The number of furan rings is 1. The van der Waals surface area contributed by atoms with Crippen molar-refractivity contribution >= 4 is 44.3 Å². The van der Waals surface area contributed by atoms with Gasteiger partial charge in [0.05, 0.1) is 25.3 Å². The quantitative estimate of drug-likeness (QED) is 0.238. The van der Waals surface area contributed by atoms with E-state index in [0.717, 1.165) is 21.0 Å². The van der Waals surface area contributed by atoms with Crippen LogP contribution in [-0.4, -0.2) is 30.5 Å². The van der Waals surface area contributed by atoms with Gasteiger partial charge < -0.3 is 19.0 Å². The molecule has 0 saturated heterocycles. The number of ketones is 1. The summed E-state index contributed by atoms with van der Waals surface area (Å²) in [6.45, 7) is 6.11. The maximum Gasteiger partial charge on any atom is 0.294 e. The number of Topliss-reactive ketones (excluding diaryl/α,β-unsaturated/α-hetero) is 1. The second-order valence-electron chi connectivity index (χ2n) is 9.15. The first-order valence-electron chi connectivity index (χ1n) is 12.1. The van der Waals surface area contributed by atoms with Crippen molar-refractivity contribution in [2.45, 2.75) is 26.8 Å². The average Bonchev–Trinajstić information content (AvgIpc) is 3.41. The molecule has 5 rings (SSSR count). The molecule has 1 aliphatic rings. The van der Waals surface area contributed by atoms with Gasteiger partial charge in [0.2, 0.25) is 5.78 Å². The van der Waals surface area contributed by atoms with Crippen molar-refractivity contribution in [1.82, 2.24) is 0 Å². The van der Waals surface area contributed by atoms with E-state index in [9.17, 15) is 14.7 Å². The minimum atomic E-state index is -0.929. The molecule has 4 aromatic rings. The van der Waals surface area contributed by atoms with Gasteiger partial charge in [0.25, 0.3) is 5.91 Å². The number of carbonyl (C=O) groups is 2. The zero-order valence-corrected chi connectivity index (χ0v) is 23.0. The second kappa shape index (κ2) is 10.0. The van der Waals surface area contributed by atoms with E-state index in [1.54, 1.807) is 37.4 Å². The van der Waals surface area contributed by atoms with Crippen LogP contribution in [0.3, 0.4) is 0 Å². The zero-order valence-electron chi connectivity index (χ0n) is 21.4. The summed E-state index contributed by atoms with van der Waals surface area (Å²) in [7, 11) is 1.54. The van der Waals surface area contributed by atoms with Crippen molar-refractivity contribution in [3.63, 3.8) is 0 Å². The fraction of sp³-hybridized carbons (Fsp3) is 0.200. The minimum absolute atomic E-state index is 0.0262. The van der Waals surface area contributed by atoms with Gasteiger partial charge in [0.1, 0.15) is 5.58 Å². The molecule has 2 heterocycles. The third-order valence-corrected chi connectivity index (χ3v) is 6.94. The molecule has 0 aliphatic carbocycles. The highest BCUT2D eigenvalue weighted by Gasteiger charge is 2.45. The van der Waals surface area contributed by atoms with Crippen molar-refractivity contribution in [1.29, 1.82) is 0 Å². The van der Waals surface area contributed by atoms with Gasteiger partial charge in [0.15, 0.2) is 23.0 Å². The Labute approximate surface area is 228 Å². The van der Waals surface area contributed by atoms with E-state index < -0.39 is 23.5 Å². The van der Waals surface area contributed by atoms with E-state index in [-0.39, 0.29) is 11.3 Å². The molecule has 1 amide bonds. The number of aliphatic hydroxyl groups excluding tert-OH is 1. The molecule has 0 bridgehead atoms. The number of benzene rings is 3. The summed E-state index contributed by atoms with van der Waals surface area (Å²) >= 11 is 3.43. The summed E-state index contributed by atoms with van der Waals surface area (Å²) in [5.74, 6) is -0.855. The molecule has 0 spiro atoms. The van der Waals surface area contributed by atoms with Crippen molar-refractivity contribution in [2.24, 2.45) is 0 Å². The molecule has 1 unspecified atom stereocenters. The van der Waals surface area contributed by atoms with E-state index in [0.29, 0.717) is 34.9 Å². The predicted octanol–water partition coefficient (Wildman–Crippen LogP) is 7.00. The number of halogens is 1. The molecule has 7 nitrogen and oxygen atoms in total. The zero-order chi connectivity index (χ0) is 27.1. The van der Waals surface area contributed by atoms with Crippen molar-refractivity contribution in [3.8, 4) is 11.5 Å². The normalized spacial score (nSPS) is 15.4. The molecule has 1 N–H and O–H groups in total. The van der Waals surface area contributed by atoms with Crippen LogP contribution in [0.5, 0.6) is 11.5 Å². The molecule has 38 heavy (non-hydrogen) atoms. The number of aliphatic hydroxyl groups is 1. The Bertz CT molecular complexity index is 1600. The van der Waals surface area contributed by atoms with Crippen molar-refractivity contribution in [3.05, 3.63) is 98.9 Å². The number of methoxy groups -OCH3 is 1. The Kier molecular flexibility index (Phi) is 6.75. The average molecular weight is 576 g/mol. The van der Waals surface area contributed by atoms with E-state index in [4.69, 9.17) is 13.9 Å². The fourth-order valence-corrected chi connectivity index (χ4v) is 5.28. The lowest BCUT2D eigenvalue weighted by molar-refractivity contribution is -0.117. The Hall–Kier alpha value is -4.04. The number of nitrogens with zero attached hydrogens (tertiary/aromatic N) is 1. The van der Waals surface area contributed by atoms with Gasteiger partial charge in [-0.3, -0.25) is 14.5 Å². The third-order valence-electron chi connectivity index (χ3n) is 6.44. The van der Waals surface area contributed by atoms with E-state index >= 15 is 0 Å². The molecule has 1 aromatic heterocycles. The van der Waals surface area contributed by atoms with Gasteiger partial charge in [-0.25, -0.2) is 0 Å². The molecule has 194 valence electrons. The molecular weight excluding hydrogens is 550 g/mol. The predicted molar refractivity (Wildman–Crippen MR) is 148 cm³/mol. The van der Waals surface area contributed by atoms with Gasteiger partial charge in [-0.15, -0.1) is 0 Å². The van der Waals surface area contributed by atoms with Crippen LogP contribution in [0.4, 0.5) is 5.69 Å². The first kappa shape index (κ1) is 25.6. The maximum absolute atomic E-state index is 13.9. The Morgan fingerprint density at radius 1 is 1.03 bits per heavy atom. The number of fused-ring (bicyclic) bond motifs is 1. The lowest BCUT2D eigenvalue weighted by atomic mass is 9.94. The van der Waals surface area contributed by atoms with Crippen LogP contribution in [-0.2, 0) is 4.79 Å². The topological polar surface area (TPSA) is 89.2 Å². The molecule has 8 heteroatoms.